The lowest BCUT2D eigenvalue weighted by molar-refractivity contribution is -0.144. The summed E-state index contributed by atoms with van der Waals surface area (Å²) in [6.07, 6.45) is 3.99. The van der Waals surface area contributed by atoms with Gasteiger partial charge in [-0.05, 0) is 18.4 Å². The highest BCUT2D eigenvalue weighted by Gasteiger charge is 2.39. The Morgan fingerprint density at radius 3 is 2.71 bits per heavy atom. The fraction of sp³-hybridized carbons (Fsp3) is 0.357. The topological polar surface area (TPSA) is 38.3 Å². The van der Waals surface area contributed by atoms with E-state index in [1.165, 1.54) is 0 Å². The molecule has 0 bridgehead atoms. The Morgan fingerprint density at radius 2 is 2.12 bits per heavy atom. The van der Waals surface area contributed by atoms with Gasteiger partial charge in [-0.15, -0.1) is 6.58 Å². The molecule has 0 amide bonds. The van der Waals surface area contributed by atoms with Crippen LogP contribution in [0.15, 0.2) is 43.0 Å². The first-order valence-electron chi connectivity index (χ1n) is 5.82. The lowest BCUT2D eigenvalue weighted by Crippen LogP contribution is -2.34. The van der Waals surface area contributed by atoms with E-state index in [-0.39, 0.29) is 18.1 Å². The standard InChI is InChI=1S/C14H17NO2/c1-2-14(8-9-14)15-10-13(16)17-11-12-6-4-3-5-7-12/h2-7,15H,1,8-11H2. The predicted molar refractivity (Wildman–Crippen MR) is 66.4 cm³/mol. The molecule has 2 rings (SSSR count). The summed E-state index contributed by atoms with van der Waals surface area (Å²) in [5, 5.41) is 3.16. The zero-order chi connectivity index (χ0) is 12.1. The van der Waals surface area contributed by atoms with Crippen molar-refractivity contribution >= 4 is 5.97 Å². The van der Waals surface area contributed by atoms with E-state index in [1.807, 2.05) is 36.4 Å². The van der Waals surface area contributed by atoms with E-state index >= 15 is 0 Å². The van der Waals surface area contributed by atoms with Gasteiger partial charge >= 0.3 is 5.97 Å². The molecule has 0 saturated heterocycles. The molecule has 1 N–H and O–H groups in total. The van der Waals surface area contributed by atoms with Gasteiger partial charge in [-0.25, -0.2) is 0 Å². The number of rotatable bonds is 6. The molecule has 3 heteroatoms. The van der Waals surface area contributed by atoms with Crippen molar-refractivity contribution in [2.45, 2.75) is 25.0 Å². The second kappa shape index (κ2) is 5.15. The first-order valence-corrected chi connectivity index (χ1v) is 5.82. The van der Waals surface area contributed by atoms with E-state index in [9.17, 15) is 4.79 Å². The van der Waals surface area contributed by atoms with Crippen LogP contribution in [0.1, 0.15) is 18.4 Å². The molecule has 0 aliphatic heterocycles. The van der Waals surface area contributed by atoms with E-state index in [1.54, 1.807) is 0 Å². The number of nitrogens with one attached hydrogen (secondary N) is 1. The maximum Gasteiger partial charge on any atom is 0.320 e. The van der Waals surface area contributed by atoms with Crippen LogP contribution in [0.4, 0.5) is 0 Å². The molecule has 90 valence electrons. The van der Waals surface area contributed by atoms with Crippen molar-refractivity contribution in [3.8, 4) is 0 Å². The Kier molecular flexibility index (Phi) is 3.59. The Bertz CT molecular complexity index is 396. The molecule has 0 radical (unpaired) electrons. The molecule has 1 saturated carbocycles. The smallest absolute Gasteiger partial charge is 0.320 e. The second-order valence-electron chi connectivity index (χ2n) is 4.36. The number of hydrogen-bond donors (Lipinski definition) is 1. The number of carbonyl (C=O) groups excluding carboxylic acids is 1. The van der Waals surface area contributed by atoms with Crippen molar-refractivity contribution in [1.82, 2.24) is 5.32 Å². The van der Waals surface area contributed by atoms with Gasteiger partial charge in [-0.2, -0.15) is 0 Å². The van der Waals surface area contributed by atoms with Crippen molar-refractivity contribution in [2.75, 3.05) is 6.54 Å². The molecule has 0 spiro atoms. The summed E-state index contributed by atoms with van der Waals surface area (Å²) in [4.78, 5) is 11.5. The van der Waals surface area contributed by atoms with E-state index in [0.717, 1.165) is 18.4 Å². The average Bonchev–Trinajstić information content (AvgIpc) is 3.16. The molecule has 1 fully saturated rings. The molecule has 1 aliphatic carbocycles. The van der Waals surface area contributed by atoms with Crippen molar-refractivity contribution in [3.63, 3.8) is 0 Å². The van der Waals surface area contributed by atoms with Crippen LogP contribution in [0.5, 0.6) is 0 Å². The fourth-order valence-corrected chi connectivity index (χ4v) is 1.63. The van der Waals surface area contributed by atoms with Crippen LogP contribution in [-0.4, -0.2) is 18.1 Å². The summed E-state index contributed by atoms with van der Waals surface area (Å²) < 4.78 is 5.16. The van der Waals surface area contributed by atoms with Gasteiger partial charge in [0.15, 0.2) is 0 Å². The maximum atomic E-state index is 11.5. The highest BCUT2D eigenvalue weighted by Crippen LogP contribution is 2.35. The van der Waals surface area contributed by atoms with Crippen molar-refractivity contribution in [2.24, 2.45) is 0 Å². The summed E-state index contributed by atoms with van der Waals surface area (Å²) in [5.41, 5.74) is 0.997. The molecule has 3 nitrogen and oxygen atoms in total. The van der Waals surface area contributed by atoms with Crippen LogP contribution in [0.25, 0.3) is 0 Å². The minimum absolute atomic E-state index is 0.00817. The lowest BCUT2D eigenvalue weighted by Gasteiger charge is -2.11. The van der Waals surface area contributed by atoms with Crippen LogP contribution in [0, 0.1) is 0 Å². The van der Waals surface area contributed by atoms with Gasteiger partial charge in [0.2, 0.25) is 0 Å². The third-order valence-electron chi connectivity index (χ3n) is 3.01. The minimum Gasteiger partial charge on any atom is -0.460 e. The van der Waals surface area contributed by atoms with Crippen LogP contribution < -0.4 is 5.32 Å². The second-order valence-corrected chi connectivity index (χ2v) is 4.36. The van der Waals surface area contributed by atoms with Gasteiger partial charge in [0, 0.05) is 5.54 Å². The molecule has 1 aromatic rings. The summed E-state index contributed by atoms with van der Waals surface area (Å²) in [6, 6.07) is 9.67. The van der Waals surface area contributed by atoms with Crippen molar-refractivity contribution < 1.29 is 9.53 Å². The molecular formula is C14H17NO2. The molecule has 17 heavy (non-hydrogen) atoms. The average molecular weight is 231 g/mol. The number of esters is 1. The van der Waals surface area contributed by atoms with E-state index in [0.29, 0.717) is 6.61 Å². The molecule has 1 aromatic carbocycles. The Balaban J connectivity index is 1.69. The maximum absolute atomic E-state index is 11.5. The Labute approximate surface area is 101 Å². The molecule has 1 aliphatic rings. The number of carbonyl (C=O) groups is 1. The quantitative estimate of drug-likeness (QED) is 0.601. The van der Waals surface area contributed by atoms with Crippen molar-refractivity contribution in [3.05, 3.63) is 48.6 Å². The third-order valence-corrected chi connectivity index (χ3v) is 3.01. The zero-order valence-corrected chi connectivity index (χ0v) is 9.82. The third kappa shape index (κ3) is 3.43. The van der Waals surface area contributed by atoms with E-state index in [4.69, 9.17) is 4.74 Å². The summed E-state index contributed by atoms with van der Waals surface area (Å²) in [6.45, 7) is 4.34. The molecule has 0 aromatic heterocycles. The number of benzene rings is 1. The van der Waals surface area contributed by atoms with Gasteiger partial charge in [0.1, 0.15) is 6.61 Å². The van der Waals surface area contributed by atoms with E-state index < -0.39 is 0 Å². The SMILES string of the molecule is C=CC1(NCC(=O)OCc2ccccc2)CC1. The first-order chi connectivity index (χ1) is 8.24. The number of hydrogen-bond acceptors (Lipinski definition) is 3. The highest BCUT2D eigenvalue weighted by molar-refractivity contribution is 5.71. The Morgan fingerprint density at radius 1 is 1.41 bits per heavy atom. The van der Waals surface area contributed by atoms with Crippen molar-refractivity contribution in [1.29, 1.82) is 0 Å². The van der Waals surface area contributed by atoms with Gasteiger partial charge in [0.25, 0.3) is 0 Å². The predicted octanol–water partition coefficient (Wildman–Crippen LogP) is 2.04. The molecule has 0 heterocycles. The summed E-state index contributed by atoms with van der Waals surface area (Å²) in [5.74, 6) is -0.220. The van der Waals surface area contributed by atoms with Crippen LogP contribution in [-0.2, 0) is 16.1 Å². The van der Waals surface area contributed by atoms with Gasteiger partial charge < -0.3 is 4.74 Å². The molecular weight excluding hydrogens is 214 g/mol. The van der Waals surface area contributed by atoms with E-state index in [2.05, 4.69) is 11.9 Å². The first kappa shape index (κ1) is 11.9. The zero-order valence-electron chi connectivity index (χ0n) is 9.82. The van der Waals surface area contributed by atoms with Crippen LogP contribution in [0.3, 0.4) is 0 Å². The summed E-state index contributed by atoms with van der Waals surface area (Å²) in [7, 11) is 0. The number of ether oxygens (including phenoxy) is 1. The highest BCUT2D eigenvalue weighted by atomic mass is 16.5. The molecule has 0 atom stereocenters. The summed E-state index contributed by atoms with van der Waals surface area (Å²) >= 11 is 0. The van der Waals surface area contributed by atoms with Gasteiger partial charge in [0.05, 0.1) is 6.54 Å². The van der Waals surface area contributed by atoms with Crippen LogP contribution in [0.2, 0.25) is 0 Å². The lowest BCUT2D eigenvalue weighted by atomic mass is 10.2. The Hall–Kier alpha value is -1.61. The molecule has 0 unspecified atom stereocenters. The monoisotopic (exact) mass is 231 g/mol. The minimum atomic E-state index is -0.220. The fourth-order valence-electron chi connectivity index (χ4n) is 1.63. The largest absolute Gasteiger partial charge is 0.460 e. The van der Waals surface area contributed by atoms with Gasteiger partial charge in [-0.1, -0.05) is 36.4 Å². The van der Waals surface area contributed by atoms with Crippen LogP contribution >= 0.6 is 0 Å². The van der Waals surface area contributed by atoms with Gasteiger partial charge in [-0.3, -0.25) is 10.1 Å². The normalized spacial score (nSPS) is 16.2.